The van der Waals surface area contributed by atoms with Gasteiger partial charge in [0.1, 0.15) is 5.82 Å². The van der Waals surface area contributed by atoms with E-state index in [-0.39, 0.29) is 12.7 Å². The molecule has 1 unspecified atom stereocenters. The number of benzene rings is 1. The number of nitrogens with zero attached hydrogens (tertiary/aromatic N) is 2. The van der Waals surface area contributed by atoms with Gasteiger partial charge in [0, 0.05) is 25.1 Å². The van der Waals surface area contributed by atoms with Crippen LogP contribution in [-0.4, -0.2) is 47.5 Å². The number of ether oxygens (including phenoxy) is 1. The fraction of sp³-hybridized carbons (Fsp3) is 0.467. The van der Waals surface area contributed by atoms with Crippen molar-refractivity contribution in [3.63, 3.8) is 0 Å². The van der Waals surface area contributed by atoms with Crippen molar-refractivity contribution in [2.75, 3.05) is 36.9 Å². The maximum atomic E-state index is 8.91. The molecule has 3 rings (SSSR count). The van der Waals surface area contributed by atoms with E-state index in [1.165, 1.54) is 0 Å². The van der Waals surface area contributed by atoms with Crippen LogP contribution in [0.5, 0.6) is 0 Å². The Morgan fingerprint density at radius 2 is 2.14 bits per heavy atom. The third-order valence-corrected chi connectivity index (χ3v) is 3.52. The molecule has 6 heteroatoms. The Balaban J connectivity index is 1.82. The average Bonchev–Trinajstić information content (AvgIpc) is 3.04. The van der Waals surface area contributed by atoms with Gasteiger partial charge in [0.15, 0.2) is 0 Å². The van der Waals surface area contributed by atoms with Crippen molar-refractivity contribution in [1.82, 2.24) is 9.97 Å². The molecule has 0 amide bonds. The smallest absolute Gasteiger partial charge is 0.225 e. The van der Waals surface area contributed by atoms with Crippen molar-refractivity contribution in [3.05, 3.63) is 24.3 Å². The van der Waals surface area contributed by atoms with Crippen LogP contribution in [0.2, 0.25) is 0 Å². The molecule has 1 saturated heterocycles. The SMILES string of the molecule is OCCNc1nc(NCC2CCCO2)c2ccccc2n1. The van der Waals surface area contributed by atoms with E-state index in [0.717, 1.165) is 42.7 Å². The Morgan fingerprint density at radius 1 is 1.24 bits per heavy atom. The highest BCUT2D eigenvalue weighted by Crippen LogP contribution is 2.22. The first-order chi connectivity index (χ1) is 10.4. The summed E-state index contributed by atoms with van der Waals surface area (Å²) in [5, 5.41) is 16.3. The van der Waals surface area contributed by atoms with Gasteiger partial charge in [0.25, 0.3) is 0 Å². The maximum absolute atomic E-state index is 8.91. The second-order valence-corrected chi connectivity index (χ2v) is 5.08. The molecule has 0 spiro atoms. The van der Waals surface area contributed by atoms with Crippen LogP contribution in [0.1, 0.15) is 12.8 Å². The van der Waals surface area contributed by atoms with Crippen molar-refractivity contribution in [2.45, 2.75) is 18.9 Å². The zero-order valence-electron chi connectivity index (χ0n) is 11.9. The molecule has 21 heavy (non-hydrogen) atoms. The summed E-state index contributed by atoms with van der Waals surface area (Å²) in [6.07, 6.45) is 2.47. The third kappa shape index (κ3) is 3.40. The van der Waals surface area contributed by atoms with Crippen LogP contribution in [-0.2, 0) is 4.74 Å². The predicted octanol–water partition coefficient (Wildman–Crippen LogP) is 1.62. The molecule has 1 aliphatic heterocycles. The molecule has 1 atom stereocenters. The number of nitrogens with one attached hydrogen (secondary N) is 2. The van der Waals surface area contributed by atoms with Gasteiger partial charge < -0.3 is 20.5 Å². The lowest BCUT2D eigenvalue weighted by Gasteiger charge is -2.14. The normalized spacial score (nSPS) is 18.0. The van der Waals surface area contributed by atoms with Crippen LogP contribution in [0, 0.1) is 0 Å². The minimum absolute atomic E-state index is 0.0505. The van der Waals surface area contributed by atoms with Gasteiger partial charge in [-0.05, 0) is 25.0 Å². The summed E-state index contributed by atoms with van der Waals surface area (Å²) in [4.78, 5) is 8.95. The van der Waals surface area contributed by atoms with Crippen molar-refractivity contribution in [3.8, 4) is 0 Å². The first-order valence-corrected chi connectivity index (χ1v) is 7.34. The molecule has 1 aliphatic rings. The van der Waals surface area contributed by atoms with E-state index in [1.807, 2.05) is 24.3 Å². The molecule has 0 aliphatic carbocycles. The van der Waals surface area contributed by atoms with E-state index >= 15 is 0 Å². The number of aliphatic hydroxyl groups is 1. The van der Waals surface area contributed by atoms with Gasteiger partial charge in [0.2, 0.25) is 5.95 Å². The lowest BCUT2D eigenvalue weighted by molar-refractivity contribution is 0.120. The number of hydrogen-bond donors (Lipinski definition) is 3. The van der Waals surface area contributed by atoms with E-state index in [4.69, 9.17) is 9.84 Å². The molecule has 0 radical (unpaired) electrons. The first kappa shape index (κ1) is 14.0. The van der Waals surface area contributed by atoms with Crippen LogP contribution < -0.4 is 10.6 Å². The molecule has 2 heterocycles. The van der Waals surface area contributed by atoms with Crippen LogP contribution in [0.3, 0.4) is 0 Å². The Hall–Kier alpha value is -1.92. The number of fused-ring (bicyclic) bond motifs is 1. The summed E-state index contributed by atoms with van der Waals surface area (Å²) in [5.41, 5.74) is 0.878. The van der Waals surface area contributed by atoms with Gasteiger partial charge in [-0.3, -0.25) is 0 Å². The van der Waals surface area contributed by atoms with Crippen molar-refractivity contribution in [2.24, 2.45) is 0 Å². The fourth-order valence-corrected chi connectivity index (χ4v) is 2.47. The topological polar surface area (TPSA) is 79.3 Å². The number of aromatic nitrogens is 2. The summed E-state index contributed by atoms with van der Waals surface area (Å²) in [6.45, 7) is 2.08. The highest BCUT2D eigenvalue weighted by molar-refractivity contribution is 5.90. The van der Waals surface area contributed by atoms with Gasteiger partial charge in [-0.25, -0.2) is 4.98 Å². The molecule has 3 N–H and O–H groups in total. The molecule has 1 fully saturated rings. The van der Waals surface area contributed by atoms with Gasteiger partial charge in [-0.1, -0.05) is 12.1 Å². The third-order valence-electron chi connectivity index (χ3n) is 3.52. The number of rotatable bonds is 6. The summed E-state index contributed by atoms with van der Waals surface area (Å²) in [6, 6.07) is 7.89. The standard InChI is InChI=1S/C15H20N4O2/c20-8-7-16-15-18-13-6-2-1-5-12(13)14(19-15)17-10-11-4-3-9-21-11/h1-2,5-6,11,20H,3-4,7-10H2,(H2,16,17,18,19). The molecule has 1 aromatic carbocycles. The molecule has 1 aromatic heterocycles. The highest BCUT2D eigenvalue weighted by Gasteiger charge is 2.16. The lowest BCUT2D eigenvalue weighted by atomic mass is 10.2. The largest absolute Gasteiger partial charge is 0.395 e. The van der Waals surface area contributed by atoms with Gasteiger partial charge >= 0.3 is 0 Å². The van der Waals surface area contributed by atoms with Crippen molar-refractivity contribution < 1.29 is 9.84 Å². The van der Waals surface area contributed by atoms with Gasteiger partial charge in [-0.15, -0.1) is 0 Å². The molecule has 0 saturated carbocycles. The van der Waals surface area contributed by atoms with Crippen molar-refractivity contribution in [1.29, 1.82) is 0 Å². The minimum atomic E-state index is 0.0505. The van der Waals surface area contributed by atoms with Gasteiger partial charge in [-0.2, -0.15) is 4.98 Å². The number of aliphatic hydroxyl groups excluding tert-OH is 1. The molecule has 6 nitrogen and oxygen atoms in total. The van der Waals surface area contributed by atoms with E-state index in [0.29, 0.717) is 12.5 Å². The second-order valence-electron chi connectivity index (χ2n) is 5.08. The summed E-state index contributed by atoms with van der Waals surface area (Å²) in [7, 11) is 0. The summed E-state index contributed by atoms with van der Waals surface area (Å²) >= 11 is 0. The Morgan fingerprint density at radius 3 is 2.95 bits per heavy atom. The zero-order chi connectivity index (χ0) is 14.5. The quantitative estimate of drug-likeness (QED) is 0.749. The predicted molar refractivity (Wildman–Crippen MR) is 82.6 cm³/mol. The van der Waals surface area contributed by atoms with E-state index in [1.54, 1.807) is 0 Å². The molecular formula is C15H20N4O2. The Bertz CT molecular complexity index is 599. The van der Waals surface area contributed by atoms with Crippen LogP contribution in [0.4, 0.5) is 11.8 Å². The maximum Gasteiger partial charge on any atom is 0.225 e. The van der Waals surface area contributed by atoms with Gasteiger partial charge in [0.05, 0.1) is 18.2 Å². The van der Waals surface area contributed by atoms with E-state index in [2.05, 4.69) is 20.6 Å². The molecule has 112 valence electrons. The Kier molecular flexibility index (Phi) is 4.47. The zero-order valence-corrected chi connectivity index (χ0v) is 11.9. The molecule has 2 aromatic rings. The van der Waals surface area contributed by atoms with Crippen LogP contribution in [0.15, 0.2) is 24.3 Å². The van der Waals surface area contributed by atoms with Crippen molar-refractivity contribution >= 4 is 22.7 Å². The average molecular weight is 288 g/mol. The number of para-hydroxylation sites is 1. The van der Waals surface area contributed by atoms with Crippen LogP contribution in [0.25, 0.3) is 10.9 Å². The number of hydrogen-bond acceptors (Lipinski definition) is 6. The van der Waals surface area contributed by atoms with E-state index in [9.17, 15) is 0 Å². The second kappa shape index (κ2) is 6.69. The first-order valence-electron chi connectivity index (χ1n) is 7.34. The number of anilines is 2. The monoisotopic (exact) mass is 288 g/mol. The molecule has 0 bridgehead atoms. The minimum Gasteiger partial charge on any atom is -0.395 e. The lowest BCUT2D eigenvalue weighted by Crippen LogP contribution is -2.19. The van der Waals surface area contributed by atoms with Crippen LogP contribution >= 0.6 is 0 Å². The fourth-order valence-electron chi connectivity index (χ4n) is 2.47. The summed E-state index contributed by atoms with van der Waals surface area (Å²) < 4.78 is 5.63. The molecular weight excluding hydrogens is 268 g/mol. The Labute approximate surface area is 123 Å². The summed E-state index contributed by atoms with van der Waals surface area (Å²) in [5.74, 6) is 1.33. The highest BCUT2D eigenvalue weighted by atomic mass is 16.5. The van der Waals surface area contributed by atoms with E-state index < -0.39 is 0 Å².